The van der Waals surface area contributed by atoms with Gasteiger partial charge in [0.25, 0.3) is 5.91 Å². The Bertz CT molecular complexity index is 991. The Balaban J connectivity index is 1.69. The number of amides is 1. The number of hydrogen-bond donors (Lipinski definition) is 3. The van der Waals surface area contributed by atoms with Crippen molar-refractivity contribution in [3.8, 4) is 0 Å². The Morgan fingerprint density at radius 1 is 1.35 bits per heavy atom. The third-order valence-corrected chi connectivity index (χ3v) is 4.48. The molecule has 2 aromatic heterocycles. The van der Waals surface area contributed by atoms with Crippen LogP contribution in [0.1, 0.15) is 35.7 Å². The van der Waals surface area contributed by atoms with Gasteiger partial charge >= 0.3 is 0 Å². The van der Waals surface area contributed by atoms with E-state index in [1.54, 1.807) is 10.9 Å². The molecule has 0 atom stereocenters. The summed E-state index contributed by atoms with van der Waals surface area (Å²) in [5.74, 6) is 0.701. The van der Waals surface area contributed by atoms with Crippen LogP contribution in [0.15, 0.2) is 24.4 Å². The quantitative estimate of drug-likeness (QED) is 0.651. The van der Waals surface area contributed by atoms with E-state index in [9.17, 15) is 4.79 Å². The van der Waals surface area contributed by atoms with Crippen molar-refractivity contribution >= 4 is 34.4 Å². The number of aromatic nitrogens is 4. The van der Waals surface area contributed by atoms with Crippen molar-refractivity contribution in [3.63, 3.8) is 0 Å². The molecule has 0 saturated heterocycles. The van der Waals surface area contributed by atoms with Crippen LogP contribution in [0.4, 0.5) is 17.5 Å². The molecular formula is C18H21N7O. The molecule has 0 unspecified atom stereocenters. The zero-order valence-corrected chi connectivity index (χ0v) is 14.8. The number of carbonyl (C=O) groups excluding carboxylic acids is 1. The molecule has 0 aliphatic heterocycles. The van der Waals surface area contributed by atoms with Gasteiger partial charge in [0.1, 0.15) is 5.82 Å². The molecule has 8 nitrogen and oxygen atoms in total. The second-order valence-corrected chi connectivity index (χ2v) is 6.53. The highest BCUT2D eigenvalue weighted by molar-refractivity contribution is 5.96. The summed E-state index contributed by atoms with van der Waals surface area (Å²) in [6.45, 7) is 4.65. The third kappa shape index (κ3) is 3.05. The second-order valence-electron chi connectivity index (χ2n) is 6.53. The maximum atomic E-state index is 12.3. The number of benzene rings is 1. The van der Waals surface area contributed by atoms with E-state index in [4.69, 9.17) is 5.73 Å². The van der Waals surface area contributed by atoms with Crippen molar-refractivity contribution in [2.24, 2.45) is 0 Å². The number of rotatable bonds is 5. The van der Waals surface area contributed by atoms with Crippen LogP contribution >= 0.6 is 0 Å². The molecule has 1 fully saturated rings. The summed E-state index contributed by atoms with van der Waals surface area (Å²) in [5, 5.41) is 11.4. The van der Waals surface area contributed by atoms with Crippen LogP contribution in [0.25, 0.3) is 11.0 Å². The fourth-order valence-corrected chi connectivity index (χ4v) is 2.82. The molecule has 1 aliphatic rings. The van der Waals surface area contributed by atoms with Gasteiger partial charge in [-0.15, -0.1) is 0 Å². The minimum absolute atomic E-state index is 0.0540. The normalized spacial score (nSPS) is 13.8. The number of nitrogens with two attached hydrogens (primary N) is 1. The Morgan fingerprint density at radius 3 is 2.88 bits per heavy atom. The van der Waals surface area contributed by atoms with Crippen molar-refractivity contribution in [1.82, 2.24) is 25.1 Å². The number of carbonyl (C=O) groups is 1. The SMILES string of the molecule is CCn1ncc2c(Nc3cc(C(=O)NC4CC4)ccc3C)nc(N)nc21. The zero-order chi connectivity index (χ0) is 18.3. The number of nitrogens with one attached hydrogen (secondary N) is 2. The lowest BCUT2D eigenvalue weighted by Gasteiger charge is -2.12. The van der Waals surface area contributed by atoms with E-state index in [1.807, 2.05) is 32.0 Å². The van der Waals surface area contributed by atoms with Crippen LogP contribution in [0.3, 0.4) is 0 Å². The number of nitrogen functional groups attached to an aromatic ring is 1. The van der Waals surface area contributed by atoms with E-state index in [-0.39, 0.29) is 11.9 Å². The predicted molar refractivity (Wildman–Crippen MR) is 100 cm³/mol. The van der Waals surface area contributed by atoms with Crippen LogP contribution in [-0.4, -0.2) is 31.7 Å². The topological polar surface area (TPSA) is 111 Å². The lowest BCUT2D eigenvalue weighted by atomic mass is 10.1. The standard InChI is InChI=1S/C18H21N7O/c1-3-25-16-13(9-20-25)15(23-18(19)24-16)22-14-8-11(5-4-10(14)2)17(26)21-12-6-7-12/h4-5,8-9,12H,3,6-7H2,1-2H3,(H,21,26)(H3,19,22,23,24). The summed E-state index contributed by atoms with van der Waals surface area (Å²) in [5.41, 5.74) is 8.98. The highest BCUT2D eigenvalue weighted by Crippen LogP contribution is 2.27. The van der Waals surface area contributed by atoms with Gasteiger partial charge in [-0.05, 0) is 44.4 Å². The molecule has 2 heterocycles. The van der Waals surface area contributed by atoms with Crippen LogP contribution in [0.5, 0.6) is 0 Å². The first kappa shape index (κ1) is 16.3. The van der Waals surface area contributed by atoms with Crippen LogP contribution in [0, 0.1) is 6.92 Å². The van der Waals surface area contributed by atoms with Crippen LogP contribution in [0.2, 0.25) is 0 Å². The van der Waals surface area contributed by atoms with Crippen molar-refractivity contribution in [1.29, 1.82) is 0 Å². The first-order valence-electron chi connectivity index (χ1n) is 8.72. The zero-order valence-electron chi connectivity index (χ0n) is 14.8. The summed E-state index contributed by atoms with van der Waals surface area (Å²) >= 11 is 0. The van der Waals surface area contributed by atoms with Gasteiger partial charge in [0.2, 0.25) is 5.95 Å². The number of fused-ring (bicyclic) bond motifs is 1. The molecule has 1 aliphatic carbocycles. The highest BCUT2D eigenvalue weighted by atomic mass is 16.1. The summed E-state index contributed by atoms with van der Waals surface area (Å²) < 4.78 is 1.77. The average molecular weight is 351 g/mol. The molecule has 4 N–H and O–H groups in total. The van der Waals surface area contributed by atoms with Crippen molar-refractivity contribution in [2.45, 2.75) is 39.3 Å². The van der Waals surface area contributed by atoms with Crippen molar-refractivity contribution < 1.29 is 4.79 Å². The lowest BCUT2D eigenvalue weighted by molar-refractivity contribution is 0.0951. The minimum Gasteiger partial charge on any atom is -0.368 e. The van der Waals surface area contributed by atoms with Gasteiger partial charge in [-0.1, -0.05) is 6.07 Å². The molecule has 3 aromatic rings. The van der Waals surface area contributed by atoms with E-state index in [1.165, 1.54) is 0 Å². The number of nitrogens with zero attached hydrogens (tertiary/aromatic N) is 4. The average Bonchev–Trinajstić information content (AvgIpc) is 3.33. The summed E-state index contributed by atoms with van der Waals surface area (Å²) in [4.78, 5) is 20.9. The first-order valence-corrected chi connectivity index (χ1v) is 8.72. The summed E-state index contributed by atoms with van der Waals surface area (Å²) in [6.07, 6.45) is 3.84. The number of hydrogen-bond acceptors (Lipinski definition) is 6. The molecule has 1 amide bonds. The molecule has 134 valence electrons. The molecule has 1 saturated carbocycles. The fraction of sp³-hybridized carbons (Fsp3) is 0.333. The van der Waals surface area contributed by atoms with Gasteiger partial charge in [0.05, 0.1) is 11.6 Å². The highest BCUT2D eigenvalue weighted by Gasteiger charge is 2.24. The molecule has 4 rings (SSSR count). The molecule has 1 aromatic carbocycles. The fourth-order valence-electron chi connectivity index (χ4n) is 2.82. The van der Waals surface area contributed by atoms with Gasteiger partial charge in [0, 0.05) is 23.8 Å². The Kier molecular flexibility index (Phi) is 3.95. The Labute approximate surface area is 150 Å². The van der Waals surface area contributed by atoms with Crippen LogP contribution in [-0.2, 0) is 6.54 Å². The van der Waals surface area contributed by atoms with Gasteiger partial charge in [-0.2, -0.15) is 15.1 Å². The third-order valence-electron chi connectivity index (χ3n) is 4.48. The Hall–Kier alpha value is -3.16. The van der Waals surface area contributed by atoms with E-state index in [2.05, 4.69) is 25.7 Å². The summed E-state index contributed by atoms with van der Waals surface area (Å²) in [6, 6.07) is 5.90. The smallest absolute Gasteiger partial charge is 0.251 e. The van der Waals surface area contributed by atoms with Gasteiger partial charge < -0.3 is 16.4 Å². The maximum Gasteiger partial charge on any atom is 0.251 e. The predicted octanol–water partition coefficient (Wildman–Crippen LogP) is 2.37. The minimum atomic E-state index is -0.0540. The molecule has 0 bridgehead atoms. The monoisotopic (exact) mass is 351 g/mol. The molecule has 0 radical (unpaired) electrons. The first-order chi connectivity index (χ1) is 12.5. The van der Waals surface area contributed by atoms with Crippen molar-refractivity contribution in [2.75, 3.05) is 11.1 Å². The van der Waals surface area contributed by atoms with E-state index in [0.29, 0.717) is 29.6 Å². The lowest BCUT2D eigenvalue weighted by Crippen LogP contribution is -2.25. The van der Waals surface area contributed by atoms with Crippen LogP contribution < -0.4 is 16.4 Å². The maximum absolute atomic E-state index is 12.3. The molecule has 0 spiro atoms. The van der Waals surface area contributed by atoms with Gasteiger partial charge in [-0.3, -0.25) is 4.79 Å². The molecular weight excluding hydrogens is 330 g/mol. The van der Waals surface area contributed by atoms with Gasteiger partial charge in [-0.25, -0.2) is 4.68 Å². The molecule has 26 heavy (non-hydrogen) atoms. The number of aryl methyl sites for hydroxylation is 2. The number of anilines is 3. The van der Waals surface area contributed by atoms with E-state index >= 15 is 0 Å². The largest absolute Gasteiger partial charge is 0.368 e. The van der Waals surface area contributed by atoms with Gasteiger partial charge in [0.15, 0.2) is 5.65 Å². The van der Waals surface area contributed by atoms with E-state index in [0.717, 1.165) is 29.5 Å². The van der Waals surface area contributed by atoms with Crippen molar-refractivity contribution in [3.05, 3.63) is 35.5 Å². The Morgan fingerprint density at radius 2 is 2.15 bits per heavy atom. The summed E-state index contributed by atoms with van der Waals surface area (Å²) in [7, 11) is 0. The van der Waals surface area contributed by atoms with E-state index < -0.39 is 0 Å². The molecule has 8 heteroatoms. The second kappa shape index (κ2) is 6.29.